The van der Waals surface area contributed by atoms with Gasteiger partial charge in [-0.1, -0.05) is 11.6 Å². The number of nitrogens with one attached hydrogen (secondary N) is 3. The summed E-state index contributed by atoms with van der Waals surface area (Å²) >= 11 is 0. The highest BCUT2D eigenvalue weighted by Crippen LogP contribution is 2.38. The molecule has 10 heteroatoms. The Morgan fingerprint density at radius 1 is 1.39 bits per heavy atom. The van der Waals surface area contributed by atoms with Crippen LogP contribution in [0.4, 0.5) is 17.6 Å². The van der Waals surface area contributed by atoms with Gasteiger partial charge in [0.15, 0.2) is 0 Å². The lowest BCUT2D eigenvalue weighted by Crippen LogP contribution is -2.62. The van der Waals surface area contributed by atoms with Gasteiger partial charge >= 0.3 is 6.18 Å². The van der Waals surface area contributed by atoms with E-state index in [-0.39, 0.29) is 28.8 Å². The Morgan fingerprint density at radius 3 is 2.71 bits per heavy atom. The standard InChI is InChI=1S/C21H22F4N4O2/c1-10-14(20(31)29-16-5-6-27-19(18(10)16)21(23,24)25)8-17(30)28-11(2)13-4-3-12(9-26)7-15(13)22/h3-4,7,11,16,18-19,27H,5-6,8H2,1-2H3,(H,28,30)(H,29,31)/t11-,16?,18?,19?/m0/s1. The second-order valence-electron chi connectivity index (χ2n) is 7.84. The summed E-state index contributed by atoms with van der Waals surface area (Å²) in [6.45, 7) is 3.11. The third-order valence-corrected chi connectivity index (χ3v) is 5.84. The van der Waals surface area contributed by atoms with E-state index in [0.717, 1.165) is 6.07 Å². The minimum absolute atomic E-state index is 0.01000. The van der Waals surface area contributed by atoms with Crippen LogP contribution in [0.5, 0.6) is 0 Å². The van der Waals surface area contributed by atoms with Gasteiger partial charge in [0.05, 0.1) is 24.1 Å². The number of halogens is 4. The Balaban J connectivity index is 1.78. The molecular formula is C21H22F4N4O2. The van der Waals surface area contributed by atoms with Crippen molar-refractivity contribution in [3.8, 4) is 6.07 Å². The van der Waals surface area contributed by atoms with E-state index in [1.54, 1.807) is 0 Å². The highest BCUT2D eigenvalue weighted by Gasteiger charge is 2.52. The monoisotopic (exact) mass is 438 g/mol. The average Bonchev–Trinajstić information content (AvgIpc) is 2.69. The fraction of sp³-hybridized carbons (Fsp3) is 0.476. The highest BCUT2D eigenvalue weighted by molar-refractivity contribution is 6.00. The van der Waals surface area contributed by atoms with E-state index in [0.29, 0.717) is 6.42 Å². The summed E-state index contributed by atoms with van der Waals surface area (Å²) in [7, 11) is 0. The van der Waals surface area contributed by atoms with E-state index in [2.05, 4.69) is 16.0 Å². The summed E-state index contributed by atoms with van der Waals surface area (Å²) in [5.41, 5.74) is 0.508. The smallest absolute Gasteiger partial charge is 0.349 e. The van der Waals surface area contributed by atoms with Crippen molar-refractivity contribution in [3.63, 3.8) is 0 Å². The van der Waals surface area contributed by atoms with Crippen LogP contribution >= 0.6 is 0 Å². The van der Waals surface area contributed by atoms with E-state index in [1.165, 1.54) is 26.0 Å². The largest absolute Gasteiger partial charge is 0.404 e. The van der Waals surface area contributed by atoms with Gasteiger partial charge in [0.1, 0.15) is 11.9 Å². The van der Waals surface area contributed by atoms with Crippen LogP contribution in [0.25, 0.3) is 0 Å². The Kier molecular flexibility index (Phi) is 6.36. The molecule has 3 rings (SSSR count). The first kappa shape index (κ1) is 22.7. The Hall–Kier alpha value is -2.93. The first-order chi connectivity index (χ1) is 14.5. The molecule has 1 saturated heterocycles. The molecular weight excluding hydrogens is 416 g/mol. The van der Waals surface area contributed by atoms with Crippen molar-refractivity contribution in [2.24, 2.45) is 5.92 Å². The Morgan fingerprint density at radius 2 is 2.10 bits per heavy atom. The van der Waals surface area contributed by atoms with Gasteiger partial charge in [0, 0.05) is 23.1 Å². The molecule has 0 aliphatic carbocycles. The van der Waals surface area contributed by atoms with E-state index in [4.69, 9.17) is 5.26 Å². The molecule has 2 aliphatic heterocycles. The molecule has 1 aromatic rings. The number of piperidine rings is 1. The summed E-state index contributed by atoms with van der Waals surface area (Å²) < 4.78 is 54.6. The normalized spacial score (nSPS) is 24.7. The fourth-order valence-corrected chi connectivity index (χ4v) is 4.30. The molecule has 31 heavy (non-hydrogen) atoms. The van der Waals surface area contributed by atoms with E-state index in [9.17, 15) is 27.2 Å². The molecule has 166 valence electrons. The minimum atomic E-state index is -4.50. The highest BCUT2D eigenvalue weighted by atomic mass is 19.4. The van der Waals surface area contributed by atoms with Crippen molar-refractivity contribution in [1.82, 2.24) is 16.0 Å². The summed E-state index contributed by atoms with van der Waals surface area (Å²) in [5, 5.41) is 16.5. The number of benzene rings is 1. The molecule has 2 amide bonds. The molecule has 2 heterocycles. The van der Waals surface area contributed by atoms with Gasteiger partial charge in [-0.3, -0.25) is 9.59 Å². The molecule has 1 aromatic carbocycles. The lowest BCUT2D eigenvalue weighted by molar-refractivity contribution is -0.172. The molecule has 3 unspecified atom stereocenters. The Bertz CT molecular complexity index is 967. The van der Waals surface area contributed by atoms with Gasteiger partial charge in [-0.15, -0.1) is 0 Å². The lowest BCUT2D eigenvalue weighted by Gasteiger charge is -2.44. The molecule has 3 N–H and O–H groups in total. The van der Waals surface area contributed by atoms with Gasteiger partial charge in [-0.2, -0.15) is 18.4 Å². The summed E-state index contributed by atoms with van der Waals surface area (Å²) in [4.78, 5) is 25.0. The molecule has 0 spiro atoms. The van der Waals surface area contributed by atoms with Crippen molar-refractivity contribution in [2.75, 3.05) is 6.54 Å². The van der Waals surface area contributed by atoms with Crippen molar-refractivity contribution in [3.05, 3.63) is 46.3 Å². The first-order valence-electron chi connectivity index (χ1n) is 9.82. The van der Waals surface area contributed by atoms with Crippen molar-refractivity contribution >= 4 is 11.8 Å². The van der Waals surface area contributed by atoms with Crippen molar-refractivity contribution < 1.29 is 27.2 Å². The summed E-state index contributed by atoms with van der Waals surface area (Å²) in [6.07, 6.45) is -4.57. The molecule has 0 aromatic heterocycles. The third kappa shape index (κ3) is 4.71. The maximum atomic E-state index is 14.2. The number of rotatable bonds is 4. The zero-order valence-corrected chi connectivity index (χ0v) is 16.9. The summed E-state index contributed by atoms with van der Waals surface area (Å²) in [5.74, 6) is -2.84. The zero-order chi connectivity index (χ0) is 22.9. The molecule has 0 radical (unpaired) electrons. The molecule has 2 aliphatic rings. The second kappa shape index (κ2) is 8.67. The topological polar surface area (TPSA) is 94.0 Å². The maximum absolute atomic E-state index is 14.2. The Labute approximate surface area is 176 Å². The predicted octanol–water partition coefficient (Wildman–Crippen LogP) is 2.62. The van der Waals surface area contributed by atoms with Crippen LogP contribution in [-0.2, 0) is 9.59 Å². The number of carbonyl (C=O) groups is 2. The van der Waals surface area contributed by atoms with Crippen LogP contribution < -0.4 is 16.0 Å². The molecule has 1 fully saturated rings. The zero-order valence-electron chi connectivity index (χ0n) is 16.9. The van der Waals surface area contributed by atoms with Crippen LogP contribution in [0.15, 0.2) is 29.3 Å². The van der Waals surface area contributed by atoms with Gasteiger partial charge in [-0.25, -0.2) is 4.39 Å². The quantitative estimate of drug-likeness (QED) is 0.630. The van der Waals surface area contributed by atoms with Gasteiger partial charge < -0.3 is 16.0 Å². The van der Waals surface area contributed by atoms with Crippen LogP contribution in [-0.4, -0.2) is 36.6 Å². The molecule has 4 atom stereocenters. The number of nitriles is 1. The van der Waals surface area contributed by atoms with Gasteiger partial charge in [0.25, 0.3) is 0 Å². The van der Waals surface area contributed by atoms with Crippen LogP contribution in [0.3, 0.4) is 0 Å². The van der Waals surface area contributed by atoms with Gasteiger partial charge in [0.2, 0.25) is 11.8 Å². The first-order valence-corrected chi connectivity index (χ1v) is 9.82. The van der Waals surface area contributed by atoms with E-state index >= 15 is 0 Å². The van der Waals surface area contributed by atoms with E-state index in [1.807, 2.05) is 6.07 Å². The summed E-state index contributed by atoms with van der Waals surface area (Å²) in [6, 6.07) is 2.42. The van der Waals surface area contributed by atoms with Crippen LogP contribution in [0, 0.1) is 23.1 Å². The number of alkyl halides is 3. The van der Waals surface area contributed by atoms with Crippen molar-refractivity contribution in [2.45, 2.75) is 51.0 Å². The third-order valence-electron chi connectivity index (χ3n) is 5.84. The lowest BCUT2D eigenvalue weighted by atomic mass is 9.75. The minimum Gasteiger partial charge on any atom is -0.349 e. The number of carbonyl (C=O) groups excluding carboxylic acids is 2. The predicted molar refractivity (Wildman–Crippen MR) is 103 cm³/mol. The SMILES string of the molecule is CC1=C(CC(=O)N[C@@H](C)c2ccc(C#N)cc2F)C(=O)NC2CCNC(C(F)(F)F)C12. The molecule has 0 bridgehead atoms. The van der Waals surface area contributed by atoms with Crippen LogP contribution in [0.1, 0.15) is 43.9 Å². The number of nitrogens with zero attached hydrogens (tertiary/aromatic N) is 1. The van der Waals surface area contributed by atoms with E-state index < -0.39 is 54.3 Å². The number of hydrogen-bond acceptors (Lipinski definition) is 4. The van der Waals surface area contributed by atoms with Crippen molar-refractivity contribution in [1.29, 1.82) is 5.26 Å². The molecule has 6 nitrogen and oxygen atoms in total. The fourth-order valence-electron chi connectivity index (χ4n) is 4.30. The second-order valence-corrected chi connectivity index (χ2v) is 7.84. The molecule has 0 saturated carbocycles. The maximum Gasteiger partial charge on any atom is 0.404 e. The number of fused-ring (bicyclic) bond motifs is 1. The number of amides is 2. The average molecular weight is 438 g/mol. The van der Waals surface area contributed by atoms with Crippen LogP contribution in [0.2, 0.25) is 0 Å². The number of hydrogen-bond donors (Lipinski definition) is 3. The van der Waals surface area contributed by atoms with Gasteiger partial charge in [-0.05, 0) is 38.9 Å².